The summed E-state index contributed by atoms with van der Waals surface area (Å²) in [5.74, 6) is 1.15. The average Bonchev–Trinajstić information content (AvgIpc) is 2.67. The zero-order valence-electron chi connectivity index (χ0n) is 12.0. The summed E-state index contributed by atoms with van der Waals surface area (Å²) in [6.45, 7) is 2.98. The van der Waals surface area contributed by atoms with Gasteiger partial charge in [-0.1, -0.05) is 18.2 Å². The summed E-state index contributed by atoms with van der Waals surface area (Å²) < 4.78 is 0. The van der Waals surface area contributed by atoms with Gasteiger partial charge in [-0.05, 0) is 19.8 Å². The maximum atomic E-state index is 12.4. The highest BCUT2D eigenvalue weighted by Gasteiger charge is 2.34. The van der Waals surface area contributed by atoms with E-state index in [4.69, 9.17) is 0 Å². The Labute approximate surface area is 127 Å². The van der Waals surface area contributed by atoms with Crippen molar-refractivity contribution in [3.05, 3.63) is 5.82 Å². The van der Waals surface area contributed by atoms with E-state index in [0.717, 1.165) is 25.1 Å². The molecule has 0 aromatic carbocycles. The SMILES string of the molecule is Cc1nc(SCC(=O)N2C[C@@H]3CCC[C@H](C2)C(=O)N3)n[nH]1. The number of carbonyl (C=O) groups is 2. The summed E-state index contributed by atoms with van der Waals surface area (Å²) in [5.41, 5.74) is 0. The molecule has 2 bridgehead atoms. The van der Waals surface area contributed by atoms with Gasteiger partial charge in [0.15, 0.2) is 0 Å². The van der Waals surface area contributed by atoms with E-state index < -0.39 is 0 Å². The molecular formula is C13H19N5O2S. The van der Waals surface area contributed by atoms with Crippen LogP contribution in [0.1, 0.15) is 25.1 Å². The Morgan fingerprint density at radius 1 is 1.43 bits per heavy atom. The summed E-state index contributed by atoms with van der Waals surface area (Å²) in [7, 11) is 0. The van der Waals surface area contributed by atoms with E-state index in [9.17, 15) is 9.59 Å². The Kier molecular flexibility index (Phi) is 4.14. The van der Waals surface area contributed by atoms with Crippen molar-refractivity contribution < 1.29 is 9.59 Å². The van der Waals surface area contributed by atoms with Crippen LogP contribution in [0.25, 0.3) is 0 Å². The highest BCUT2D eigenvalue weighted by Crippen LogP contribution is 2.23. The molecule has 1 aromatic heterocycles. The van der Waals surface area contributed by atoms with Crippen LogP contribution in [-0.2, 0) is 9.59 Å². The van der Waals surface area contributed by atoms with Gasteiger partial charge in [-0.15, -0.1) is 5.10 Å². The normalized spacial score (nSPS) is 25.4. The zero-order valence-corrected chi connectivity index (χ0v) is 12.8. The molecule has 3 rings (SSSR count). The lowest BCUT2D eigenvalue weighted by Crippen LogP contribution is -2.42. The molecule has 8 heteroatoms. The van der Waals surface area contributed by atoms with Crippen LogP contribution in [0, 0.1) is 12.8 Å². The van der Waals surface area contributed by atoms with Crippen LogP contribution in [-0.4, -0.2) is 56.8 Å². The van der Waals surface area contributed by atoms with Crippen LogP contribution in [0.2, 0.25) is 0 Å². The predicted octanol–water partition coefficient (Wildman–Crippen LogP) is 0.332. The summed E-state index contributed by atoms with van der Waals surface area (Å²) in [6, 6.07) is 0.102. The number of aryl methyl sites for hydroxylation is 1. The van der Waals surface area contributed by atoms with E-state index in [2.05, 4.69) is 20.5 Å². The number of amides is 2. The van der Waals surface area contributed by atoms with Crippen molar-refractivity contribution >= 4 is 23.6 Å². The van der Waals surface area contributed by atoms with E-state index in [1.165, 1.54) is 11.8 Å². The highest BCUT2D eigenvalue weighted by molar-refractivity contribution is 7.99. The molecule has 1 aromatic rings. The van der Waals surface area contributed by atoms with Gasteiger partial charge in [0.1, 0.15) is 5.82 Å². The smallest absolute Gasteiger partial charge is 0.233 e. The molecule has 0 spiro atoms. The number of hydrogen-bond acceptors (Lipinski definition) is 5. The first-order valence-corrected chi connectivity index (χ1v) is 8.20. The zero-order chi connectivity index (χ0) is 14.8. The number of H-pyrrole nitrogens is 1. The summed E-state index contributed by atoms with van der Waals surface area (Å²) in [4.78, 5) is 30.3. The summed E-state index contributed by atoms with van der Waals surface area (Å²) >= 11 is 1.33. The second kappa shape index (κ2) is 6.05. The third-order valence-electron chi connectivity index (χ3n) is 3.96. The maximum Gasteiger partial charge on any atom is 0.233 e. The van der Waals surface area contributed by atoms with Gasteiger partial charge in [0.05, 0.1) is 11.7 Å². The molecule has 2 N–H and O–H groups in total. The standard InChI is InChI=1S/C13H19N5O2S/c1-8-14-13(17-16-8)21-7-11(19)18-5-9-3-2-4-10(6-18)15-12(9)20/h9-10H,2-7H2,1H3,(H,15,20)(H,14,16,17)/t9-,10+/m1/s1. The second-order valence-electron chi connectivity index (χ2n) is 5.62. The fraction of sp³-hybridized carbons (Fsp3) is 0.692. The number of thioether (sulfide) groups is 1. The fourth-order valence-electron chi connectivity index (χ4n) is 2.86. The van der Waals surface area contributed by atoms with Gasteiger partial charge in [0.2, 0.25) is 17.0 Å². The first-order chi connectivity index (χ1) is 10.1. The highest BCUT2D eigenvalue weighted by atomic mass is 32.2. The molecule has 0 saturated carbocycles. The number of rotatable bonds is 3. The molecule has 2 atom stereocenters. The maximum absolute atomic E-state index is 12.4. The van der Waals surface area contributed by atoms with Crippen LogP contribution in [0.4, 0.5) is 0 Å². The summed E-state index contributed by atoms with van der Waals surface area (Å²) in [6.07, 6.45) is 2.89. The van der Waals surface area contributed by atoms with Crippen molar-refractivity contribution in [1.82, 2.24) is 25.4 Å². The van der Waals surface area contributed by atoms with Crippen molar-refractivity contribution in [3.63, 3.8) is 0 Å². The van der Waals surface area contributed by atoms with Gasteiger partial charge in [-0.2, -0.15) is 0 Å². The lowest BCUT2D eigenvalue weighted by molar-refractivity contribution is -0.129. The fourth-order valence-corrected chi connectivity index (χ4v) is 3.61. The molecule has 2 saturated heterocycles. The number of carbonyl (C=O) groups excluding carboxylic acids is 2. The van der Waals surface area contributed by atoms with Crippen molar-refractivity contribution in [3.8, 4) is 0 Å². The monoisotopic (exact) mass is 309 g/mol. The molecule has 0 radical (unpaired) electrons. The molecule has 2 aliphatic heterocycles. The minimum Gasteiger partial charge on any atom is -0.351 e. The lowest BCUT2D eigenvalue weighted by atomic mass is 9.99. The van der Waals surface area contributed by atoms with E-state index >= 15 is 0 Å². The van der Waals surface area contributed by atoms with E-state index in [1.54, 1.807) is 0 Å². The molecule has 7 nitrogen and oxygen atoms in total. The number of aromatic amines is 1. The molecule has 2 amide bonds. The molecule has 2 fully saturated rings. The van der Waals surface area contributed by atoms with Crippen LogP contribution in [0.15, 0.2) is 5.16 Å². The lowest BCUT2D eigenvalue weighted by Gasteiger charge is -2.27. The molecule has 3 heterocycles. The number of aromatic nitrogens is 3. The van der Waals surface area contributed by atoms with Gasteiger partial charge in [0, 0.05) is 19.1 Å². The Hall–Kier alpha value is -1.57. The van der Waals surface area contributed by atoms with Crippen molar-refractivity contribution in [2.24, 2.45) is 5.92 Å². The van der Waals surface area contributed by atoms with Crippen LogP contribution in [0.3, 0.4) is 0 Å². The van der Waals surface area contributed by atoms with Gasteiger partial charge < -0.3 is 10.2 Å². The molecule has 114 valence electrons. The number of likely N-dealkylation sites (tertiary alicyclic amines) is 1. The first-order valence-electron chi connectivity index (χ1n) is 7.22. The number of fused-ring (bicyclic) bond motifs is 3. The molecular weight excluding hydrogens is 290 g/mol. The Bertz CT molecular complexity index is 546. The first kappa shape index (κ1) is 14.4. The minimum absolute atomic E-state index is 0.0517. The predicted molar refractivity (Wildman–Crippen MR) is 77.7 cm³/mol. The quantitative estimate of drug-likeness (QED) is 0.785. The minimum atomic E-state index is -0.0581. The van der Waals surface area contributed by atoms with Gasteiger partial charge >= 0.3 is 0 Å². The van der Waals surface area contributed by atoms with Crippen LogP contribution in [0.5, 0.6) is 0 Å². The second-order valence-corrected chi connectivity index (χ2v) is 6.57. The molecule has 21 heavy (non-hydrogen) atoms. The number of hydrogen-bond donors (Lipinski definition) is 2. The van der Waals surface area contributed by atoms with Crippen molar-refractivity contribution in [2.45, 2.75) is 37.4 Å². The Morgan fingerprint density at radius 2 is 2.29 bits per heavy atom. The van der Waals surface area contributed by atoms with E-state index in [0.29, 0.717) is 24.0 Å². The number of nitrogens with zero attached hydrogens (tertiary/aromatic N) is 3. The van der Waals surface area contributed by atoms with Crippen molar-refractivity contribution in [1.29, 1.82) is 0 Å². The summed E-state index contributed by atoms with van der Waals surface area (Å²) in [5, 5.41) is 10.4. The third-order valence-corrected chi connectivity index (χ3v) is 4.79. The van der Waals surface area contributed by atoms with Gasteiger partial charge in [-0.25, -0.2) is 4.98 Å². The average molecular weight is 309 g/mol. The van der Waals surface area contributed by atoms with Crippen LogP contribution < -0.4 is 5.32 Å². The molecule has 2 aliphatic rings. The Balaban J connectivity index is 1.60. The van der Waals surface area contributed by atoms with Crippen LogP contribution >= 0.6 is 11.8 Å². The third kappa shape index (κ3) is 3.37. The van der Waals surface area contributed by atoms with E-state index in [-0.39, 0.29) is 23.8 Å². The van der Waals surface area contributed by atoms with Crippen molar-refractivity contribution in [2.75, 3.05) is 18.8 Å². The van der Waals surface area contributed by atoms with E-state index in [1.807, 2.05) is 11.8 Å². The Morgan fingerprint density at radius 3 is 3.05 bits per heavy atom. The van der Waals surface area contributed by atoms with Gasteiger partial charge in [-0.3, -0.25) is 14.7 Å². The molecule has 0 unspecified atom stereocenters. The largest absolute Gasteiger partial charge is 0.351 e. The topological polar surface area (TPSA) is 91.0 Å². The number of nitrogens with one attached hydrogen (secondary N) is 2. The molecule has 0 aliphatic carbocycles. The van der Waals surface area contributed by atoms with Gasteiger partial charge in [0.25, 0.3) is 0 Å².